The van der Waals surface area contributed by atoms with E-state index in [0.717, 1.165) is 0 Å². The van der Waals surface area contributed by atoms with Crippen molar-refractivity contribution in [3.05, 3.63) is 10.4 Å². The van der Waals surface area contributed by atoms with Gasteiger partial charge < -0.3 is 15.7 Å². The molecule has 0 aromatic heterocycles. The number of rotatable bonds is 11. The monoisotopic (exact) mass is 400 g/mol. The van der Waals surface area contributed by atoms with Gasteiger partial charge in [0.05, 0.1) is 5.92 Å². The molecule has 28 heavy (non-hydrogen) atoms. The van der Waals surface area contributed by atoms with Gasteiger partial charge >= 0.3 is 0 Å². The summed E-state index contributed by atoms with van der Waals surface area (Å²) in [6.45, 7) is 9.46. The van der Waals surface area contributed by atoms with Crippen molar-refractivity contribution in [3.8, 4) is 0 Å². The van der Waals surface area contributed by atoms with Crippen LogP contribution in [0.2, 0.25) is 0 Å². The van der Waals surface area contributed by atoms with Gasteiger partial charge in [0.2, 0.25) is 11.8 Å². The summed E-state index contributed by atoms with van der Waals surface area (Å²) < 4.78 is 0. The van der Waals surface area contributed by atoms with Gasteiger partial charge in [0, 0.05) is 18.0 Å². The van der Waals surface area contributed by atoms with E-state index in [9.17, 15) is 19.5 Å². The molecule has 0 bridgehead atoms. The highest BCUT2D eigenvalue weighted by Gasteiger charge is 2.38. The van der Waals surface area contributed by atoms with Crippen LogP contribution >= 0.6 is 0 Å². The van der Waals surface area contributed by atoms with Crippen LogP contribution in [0, 0.1) is 17.3 Å². The fourth-order valence-electron chi connectivity index (χ4n) is 2.57. The predicted octanol–water partition coefficient (Wildman–Crippen LogP) is 0.863. The number of hydroxylamine groups is 1. The van der Waals surface area contributed by atoms with E-state index in [1.54, 1.807) is 20.8 Å². The molecule has 0 aliphatic rings. The molecular formula is C17H32N6O5. The van der Waals surface area contributed by atoms with Crippen LogP contribution in [-0.2, 0) is 14.4 Å². The summed E-state index contributed by atoms with van der Waals surface area (Å²) >= 11 is 0. The second-order valence-electron chi connectivity index (χ2n) is 8.06. The summed E-state index contributed by atoms with van der Waals surface area (Å²) in [5, 5.41) is 27.5. The van der Waals surface area contributed by atoms with Crippen LogP contribution in [0.1, 0.15) is 47.5 Å². The fourth-order valence-corrected chi connectivity index (χ4v) is 2.57. The normalized spacial score (nSPS) is 14.4. The fraction of sp³-hybridized carbons (Fsp3) is 0.824. The number of nitrogens with zero attached hydrogens (tertiary/aromatic N) is 3. The zero-order valence-corrected chi connectivity index (χ0v) is 17.1. The SMILES string of the molecule is CC(C)C[C@@H](C(=O)NC(C(=O)NCCCN=[N+]=[N-])C(C)(C)C)[C@H](O)C(=O)NO. The molecule has 0 fully saturated rings. The molecule has 0 saturated heterocycles. The molecule has 3 amide bonds. The van der Waals surface area contributed by atoms with E-state index in [0.29, 0.717) is 6.42 Å². The number of amides is 3. The first-order valence-electron chi connectivity index (χ1n) is 9.16. The Morgan fingerprint density at radius 2 is 1.75 bits per heavy atom. The highest BCUT2D eigenvalue weighted by Crippen LogP contribution is 2.22. The highest BCUT2D eigenvalue weighted by atomic mass is 16.5. The van der Waals surface area contributed by atoms with Crippen LogP contribution in [0.4, 0.5) is 0 Å². The molecule has 0 aromatic carbocycles. The van der Waals surface area contributed by atoms with E-state index in [2.05, 4.69) is 20.7 Å². The molecule has 11 nitrogen and oxygen atoms in total. The van der Waals surface area contributed by atoms with Gasteiger partial charge in [-0.3, -0.25) is 19.6 Å². The first kappa shape index (κ1) is 25.6. The van der Waals surface area contributed by atoms with Crippen molar-refractivity contribution in [2.24, 2.45) is 22.4 Å². The lowest BCUT2D eigenvalue weighted by Crippen LogP contribution is -2.56. The molecule has 0 aliphatic heterocycles. The standard InChI is InChI=1S/C17H32N6O5/c1-10(2)9-11(12(24)15(26)22-28)14(25)21-13(17(3,4)5)16(27)19-7-6-8-20-23-18/h10-13,24,28H,6-9H2,1-5H3,(H,19,27)(H,21,25)(H,22,26)/t11-,12+,13?/m1/s1. The van der Waals surface area contributed by atoms with Crippen LogP contribution in [0.15, 0.2) is 5.11 Å². The molecule has 0 heterocycles. The molecule has 0 saturated carbocycles. The maximum atomic E-state index is 12.7. The minimum atomic E-state index is -1.75. The average molecular weight is 400 g/mol. The number of azide groups is 1. The molecule has 0 spiro atoms. The summed E-state index contributed by atoms with van der Waals surface area (Å²) in [6.07, 6.45) is -1.11. The van der Waals surface area contributed by atoms with Crippen LogP contribution in [-0.4, -0.2) is 53.3 Å². The average Bonchev–Trinajstić information content (AvgIpc) is 2.61. The number of carbonyl (C=O) groups excluding carboxylic acids is 3. The minimum Gasteiger partial charge on any atom is -0.382 e. The van der Waals surface area contributed by atoms with E-state index in [4.69, 9.17) is 10.7 Å². The number of aliphatic hydroxyl groups is 1. The minimum absolute atomic E-state index is 0.0144. The van der Waals surface area contributed by atoms with Crippen molar-refractivity contribution in [1.29, 1.82) is 0 Å². The van der Waals surface area contributed by atoms with Crippen molar-refractivity contribution in [3.63, 3.8) is 0 Å². The van der Waals surface area contributed by atoms with E-state index in [1.807, 2.05) is 13.8 Å². The Kier molecular flexibility index (Phi) is 11.1. The first-order chi connectivity index (χ1) is 12.9. The largest absolute Gasteiger partial charge is 0.382 e. The molecule has 11 heteroatoms. The van der Waals surface area contributed by atoms with Gasteiger partial charge in [-0.2, -0.15) is 0 Å². The zero-order valence-electron chi connectivity index (χ0n) is 17.1. The Labute approximate surface area is 164 Å². The highest BCUT2D eigenvalue weighted by molar-refractivity contribution is 5.92. The van der Waals surface area contributed by atoms with E-state index in [1.165, 1.54) is 5.48 Å². The van der Waals surface area contributed by atoms with Crippen molar-refractivity contribution in [2.45, 2.75) is 59.6 Å². The molecular weight excluding hydrogens is 368 g/mol. The molecule has 1 unspecified atom stereocenters. The van der Waals surface area contributed by atoms with Crippen LogP contribution in [0.3, 0.4) is 0 Å². The molecule has 0 aliphatic carbocycles. The lowest BCUT2D eigenvalue weighted by molar-refractivity contribution is -0.147. The quantitative estimate of drug-likeness (QED) is 0.0861. The van der Waals surface area contributed by atoms with E-state index >= 15 is 0 Å². The van der Waals surface area contributed by atoms with Crippen molar-refractivity contribution in [2.75, 3.05) is 13.1 Å². The Bertz CT molecular complexity index is 583. The molecule has 0 aromatic rings. The molecule has 0 rings (SSSR count). The summed E-state index contributed by atoms with van der Waals surface area (Å²) in [5.74, 6) is -3.31. The van der Waals surface area contributed by atoms with Gasteiger partial charge in [-0.05, 0) is 29.7 Å². The third-order valence-corrected chi connectivity index (χ3v) is 4.03. The van der Waals surface area contributed by atoms with Crippen molar-refractivity contribution >= 4 is 17.7 Å². The molecule has 5 N–H and O–H groups in total. The van der Waals surface area contributed by atoms with E-state index < -0.39 is 41.2 Å². The van der Waals surface area contributed by atoms with Crippen molar-refractivity contribution in [1.82, 2.24) is 16.1 Å². The lowest BCUT2D eigenvalue weighted by Gasteiger charge is -2.32. The maximum absolute atomic E-state index is 12.7. The summed E-state index contributed by atoms with van der Waals surface area (Å²) in [7, 11) is 0. The van der Waals surface area contributed by atoms with Crippen LogP contribution in [0.5, 0.6) is 0 Å². The van der Waals surface area contributed by atoms with Gasteiger partial charge in [-0.25, -0.2) is 5.48 Å². The second-order valence-corrected chi connectivity index (χ2v) is 8.06. The molecule has 160 valence electrons. The molecule has 0 radical (unpaired) electrons. The first-order valence-corrected chi connectivity index (χ1v) is 9.16. The maximum Gasteiger partial charge on any atom is 0.272 e. The Morgan fingerprint density at radius 3 is 2.21 bits per heavy atom. The number of carbonyl (C=O) groups is 3. The Balaban J connectivity index is 5.26. The van der Waals surface area contributed by atoms with Gasteiger partial charge in [-0.1, -0.05) is 39.7 Å². The van der Waals surface area contributed by atoms with Gasteiger partial charge in [0.15, 0.2) is 0 Å². The number of aliphatic hydroxyl groups excluding tert-OH is 1. The molecule has 3 atom stereocenters. The predicted molar refractivity (Wildman–Crippen MR) is 102 cm³/mol. The van der Waals surface area contributed by atoms with E-state index in [-0.39, 0.29) is 25.4 Å². The third-order valence-electron chi connectivity index (χ3n) is 4.03. The van der Waals surface area contributed by atoms with Crippen molar-refractivity contribution < 1.29 is 24.7 Å². The summed E-state index contributed by atoms with van der Waals surface area (Å²) in [6, 6.07) is -0.918. The zero-order chi connectivity index (χ0) is 21.9. The van der Waals surface area contributed by atoms with Gasteiger partial charge in [0.25, 0.3) is 5.91 Å². The Morgan fingerprint density at radius 1 is 1.14 bits per heavy atom. The topological polar surface area (TPSA) is 177 Å². The lowest BCUT2D eigenvalue weighted by atomic mass is 9.84. The number of nitrogens with one attached hydrogen (secondary N) is 3. The van der Waals surface area contributed by atoms with Gasteiger partial charge in [0.1, 0.15) is 12.1 Å². The number of hydrogen-bond acceptors (Lipinski definition) is 6. The smallest absolute Gasteiger partial charge is 0.272 e. The Hall–Kier alpha value is -2.36. The second kappa shape index (κ2) is 12.2. The summed E-state index contributed by atoms with van der Waals surface area (Å²) in [5.41, 5.74) is 8.94. The number of hydrogen-bond donors (Lipinski definition) is 5. The summed E-state index contributed by atoms with van der Waals surface area (Å²) in [4.78, 5) is 39.5. The van der Waals surface area contributed by atoms with Crippen LogP contribution in [0.25, 0.3) is 10.4 Å². The third kappa shape index (κ3) is 9.03. The van der Waals surface area contributed by atoms with Crippen LogP contribution < -0.4 is 16.1 Å². The van der Waals surface area contributed by atoms with Gasteiger partial charge in [-0.15, -0.1) is 0 Å².